The van der Waals surface area contributed by atoms with Gasteiger partial charge in [0.05, 0.1) is 23.5 Å². The molecule has 0 spiro atoms. The molecule has 7 heteroatoms. The summed E-state index contributed by atoms with van der Waals surface area (Å²) in [5, 5.41) is 6.55. The molecule has 0 atom stereocenters. The van der Waals surface area contributed by atoms with Crippen LogP contribution in [0.3, 0.4) is 0 Å². The first kappa shape index (κ1) is 20.4. The first-order valence-corrected chi connectivity index (χ1v) is 8.62. The molecule has 1 heterocycles. The SMILES string of the molecule is Cc1cc(C)c(C(=O)C(=O)Nc2cnn(COC(=O)C(C)(C)C)c2)c(C)c1. The summed E-state index contributed by atoms with van der Waals surface area (Å²) < 4.78 is 6.52. The maximum atomic E-state index is 12.5. The molecule has 1 amide bonds. The highest BCUT2D eigenvalue weighted by molar-refractivity contribution is 6.47. The van der Waals surface area contributed by atoms with Gasteiger partial charge in [0.15, 0.2) is 6.73 Å². The maximum Gasteiger partial charge on any atom is 0.313 e. The highest BCUT2D eigenvalue weighted by Crippen LogP contribution is 2.18. The molecule has 0 saturated carbocycles. The molecule has 7 nitrogen and oxygen atoms in total. The number of carbonyl (C=O) groups excluding carboxylic acids is 3. The normalized spacial score (nSPS) is 11.2. The van der Waals surface area contributed by atoms with Gasteiger partial charge in [-0.25, -0.2) is 4.68 Å². The van der Waals surface area contributed by atoms with Gasteiger partial charge in [0.25, 0.3) is 11.7 Å². The second kappa shape index (κ2) is 7.73. The highest BCUT2D eigenvalue weighted by atomic mass is 16.5. The number of esters is 1. The van der Waals surface area contributed by atoms with Crippen LogP contribution >= 0.6 is 0 Å². The Kier molecular flexibility index (Phi) is 5.83. The van der Waals surface area contributed by atoms with Crippen molar-refractivity contribution in [3.63, 3.8) is 0 Å². The number of aromatic nitrogens is 2. The molecule has 0 bridgehead atoms. The predicted octanol–water partition coefficient (Wildman–Crippen LogP) is 3.18. The van der Waals surface area contributed by atoms with Gasteiger partial charge in [-0.15, -0.1) is 0 Å². The quantitative estimate of drug-likeness (QED) is 0.495. The minimum Gasteiger partial charge on any atom is -0.442 e. The third-order valence-electron chi connectivity index (χ3n) is 3.94. The zero-order chi connectivity index (χ0) is 20.4. The van der Waals surface area contributed by atoms with Gasteiger partial charge in [0, 0.05) is 5.56 Å². The van der Waals surface area contributed by atoms with E-state index in [2.05, 4.69) is 10.4 Å². The number of rotatable bonds is 5. The van der Waals surface area contributed by atoms with E-state index in [4.69, 9.17) is 4.74 Å². The number of ketones is 1. The summed E-state index contributed by atoms with van der Waals surface area (Å²) in [5.74, 6) is -1.70. The number of nitrogens with zero attached hydrogens (tertiary/aromatic N) is 2. The second-order valence-corrected chi connectivity index (χ2v) is 7.64. The lowest BCUT2D eigenvalue weighted by molar-refractivity contribution is -0.157. The van der Waals surface area contributed by atoms with E-state index < -0.39 is 17.1 Å². The van der Waals surface area contributed by atoms with Gasteiger partial charge in [0.2, 0.25) is 0 Å². The molecule has 2 rings (SSSR count). The zero-order valence-electron chi connectivity index (χ0n) is 16.5. The molecule has 0 aliphatic rings. The number of amides is 1. The van der Waals surface area contributed by atoms with Gasteiger partial charge in [-0.3, -0.25) is 14.4 Å². The Balaban J connectivity index is 2.04. The molecule has 1 aromatic heterocycles. The van der Waals surface area contributed by atoms with Crippen LogP contribution in [0.5, 0.6) is 0 Å². The third-order valence-corrected chi connectivity index (χ3v) is 3.94. The Labute approximate surface area is 158 Å². The van der Waals surface area contributed by atoms with Crippen LogP contribution < -0.4 is 5.32 Å². The number of hydrogen-bond acceptors (Lipinski definition) is 5. The molecule has 1 aromatic carbocycles. The summed E-state index contributed by atoms with van der Waals surface area (Å²) >= 11 is 0. The van der Waals surface area contributed by atoms with E-state index >= 15 is 0 Å². The molecule has 0 saturated heterocycles. The number of Topliss-reactive ketones (excluding diaryl/α,β-unsaturated/α-hetero) is 1. The molecule has 0 unspecified atom stereocenters. The number of benzene rings is 1. The van der Waals surface area contributed by atoms with Gasteiger partial charge >= 0.3 is 5.97 Å². The first-order valence-electron chi connectivity index (χ1n) is 8.62. The van der Waals surface area contributed by atoms with Crippen molar-refractivity contribution in [3.8, 4) is 0 Å². The fourth-order valence-corrected chi connectivity index (χ4v) is 2.68. The zero-order valence-corrected chi connectivity index (χ0v) is 16.5. The first-order chi connectivity index (χ1) is 12.5. The highest BCUT2D eigenvalue weighted by Gasteiger charge is 2.23. The van der Waals surface area contributed by atoms with Crippen LogP contribution in [0, 0.1) is 26.2 Å². The van der Waals surface area contributed by atoms with Gasteiger partial charge in [-0.1, -0.05) is 17.7 Å². The van der Waals surface area contributed by atoms with E-state index in [1.165, 1.54) is 17.1 Å². The monoisotopic (exact) mass is 371 g/mol. The molecule has 27 heavy (non-hydrogen) atoms. The number of aryl methyl sites for hydroxylation is 3. The Morgan fingerprint density at radius 2 is 1.70 bits per heavy atom. The fourth-order valence-electron chi connectivity index (χ4n) is 2.68. The van der Waals surface area contributed by atoms with E-state index in [9.17, 15) is 14.4 Å². The van der Waals surface area contributed by atoms with Crippen LogP contribution in [0.25, 0.3) is 0 Å². The molecule has 0 aliphatic carbocycles. The Bertz CT molecular complexity index is 868. The van der Waals surface area contributed by atoms with Crippen molar-refractivity contribution in [2.75, 3.05) is 5.32 Å². The van der Waals surface area contributed by atoms with Crippen molar-refractivity contribution in [1.82, 2.24) is 9.78 Å². The largest absolute Gasteiger partial charge is 0.442 e. The fraction of sp³-hybridized carbons (Fsp3) is 0.400. The Morgan fingerprint density at radius 3 is 2.26 bits per heavy atom. The van der Waals surface area contributed by atoms with E-state index in [1.54, 1.807) is 20.8 Å². The van der Waals surface area contributed by atoms with E-state index in [-0.39, 0.29) is 12.7 Å². The molecular weight excluding hydrogens is 346 g/mol. The molecule has 1 N–H and O–H groups in total. The van der Waals surface area contributed by atoms with Crippen molar-refractivity contribution in [3.05, 3.63) is 46.8 Å². The van der Waals surface area contributed by atoms with Crippen LogP contribution in [0.15, 0.2) is 24.5 Å². The maximum absolute atomic E-state index is 12.5. The van der Waals surface area contributed by atoms with Crippen LogP contribution in [0.1, 0.15) is 47.8 Å². The lowest BCUT2D eigenvalue weighted by Crippen LogP contribution is -2.24. The third kappa shape index (κ3) is 5.03. The van der Waals surface area contributed by atoms with Gasteiger partial charge in [0.1, 0.15) is 0 Å². The summed E-state index contributed by atoms with van der Waals surface area (Å²) in [6.45, 7) is 10.7. The van der Waals surface area contributed by atoms with Crippen molar-refractivity contribution >= 4 is 23.3 Å². The minimum atomic E-state index is -0.740. The number of nitrogens with one attached hydrogen (secondary N) is 1. The van der Waals surface area contributed by atoms with Crippen LogP contribution in [0.4, 0.5) is 5.69 Å². The number of ether oxygens (including phenoxy) is 1. The smallest absolute Gasteiger partial charge is 0.313 e. The van der Waals surface area contributed by atoms with Crippen molar-refractivity contribution in [2.45, 2.75) is 48.3 Å². The molecule has 0 fully saturated rings. The average Bonchev–Trinajstić information content (AvgIpc) is 2.97. The minimum absolute atomic E-state index is 0.0733. The van der Waals surface area contributed by atoms with E-state index in [1.807, 2.05) is 32.9 Å². The summed E-state index contributed by atoms with van der Waals surface area (Å²) in [6, 6.07) is 3.74. The molecule has 144 valence electrons. The summed E-state index contributed by atoms with van der Waals surface area (Å²) in [4.78, 5) is 36.6. The van der Waals surface area contributed by atoms with Crippen molar-refractivity contribution in [2.24, 2.45) is 5.41 Å². The standard InChI is InChI=1S/C20H25N3O4/c1-12-7-13(2)16(14(3)8-12)17(24)18(25)22-15-9-21-23(10-15)11-27-19(26)20(4,5)6/h7-10H,11H2,1-6H3,(H,22,25). The van der Waals surface area contributed by atoms with Crippen molar-refractivity contribution in [1.29, 1.82) is 0 Å². The lowest BCUT2D eigenvalue weighted by atomic mass is 9.96. The Hall–Kier alpha value is -2.96. The summed E-state index contributed by atoms with van der Waals surface area (Å²) in [7, 11) is 0. The van der Waals surface area contributed by atoms with Gasteiger partial charge < -0.3 is 10.1 Å². The molecule has 2 aromatic rings. The number of carbonyl (C=O) groups is 3. The average molecular weight is 371 g/mol. The Morgan fingerprint density at radius 1 is 1.11 bits per heavy atom. The van der Waals surface area contributed by atoms with Crippen molar-refractivity contribution < 1.29 is 19.1 Å². The number of anilines is 1. The summed E-state index contributed by atoms with van der Waals surface area (Å²) in [6.07, 6.45) is 2.89. The second-order valence-electron chi connectivity index (χ2n) is 7.64. The van der Waals surface area contributed by atoms with Gasteiger partial charge in [-0.05, 0) is 52.7 Å². The molecule has 0 aliphatic heterocycles. The lowest BCUT2D eigenvalue weighted by Gasteiger charge is -2.16. The van der Waals surface area contributed by atoms with Crippen LogP contribution in [0.2, 0.25) is 0 Å². The van der Waals surface area contributed by atoms with Crippen LogP contribution in [-0.4, -0.2) is 27.4 Å². The predicted molar refractivity (Wildman–Crippen MR) is 101 cm³/mol. The topological polar surface area (TPSA) is 90.3 Å². The van der Waals surface area contributed by atoms with Crippen LogP contribution in [-0.2, 0) is 21.1 Å². The molecule has 0 radical (unpaired) electrons. The van der Waals surface area contributed by atoms with E-state index in [0.717, 1.165) is 16.7 Å². The number of hydrogen-bond donors (Lipinski definition) is 1. The van der Waals surface area contributed by atoms with E-state index in [0.29, 0.717) is 11.3 Å². The van der Waals surface area contributed by atoms with Gasteiger partial charge in [-0.2, -0.15) is 5.10 Å². The summed E-state index contributed by atoms with van der Waals surface area (Å²) in [5.41, 5.74) is 2.70. The molecular formula is C20H25N3O4.